The molecular weight excluding hydrogens is 163 g/mol. The van der Waals surface area contributed by atoms with E-state index < -0.39 is 24.9 Å². The largest absolute Gasteiger partial charge is 0.447 e. The van der Waals surface area contributed by atoms with Crippen LogP contribution in [-0.4, -0.2) is 36.9 Å². The third-order valence-corrected chi connectivity index (χ3v) is 1.50. The van der Waals surface area contributed by atoms with Crippen molar-refractivity contribution in [2.45, 2.75) is 12.2 Å². The van der Waals surface area contributed by atoms with Gasteiger partial charge in [-0.2, -0.15) is 13.2 Å². The van der Waals surface area contributed by atoms with Gasteiger partial charge in [-0.3, -0.25) is 4.90 Å². The topological polar surface area (TPSA) is 29.5 Å². The van der Waals surface area contributed by atoms with Gasteiger partial charge in [0.25, 0.3) is 0 Å². The summed E-state index contributed by atoms with van der Waals surface area (Å²) in [6.45, 7) is -0.598. The summed E-state index contributed by atoms with van der Waals surface area (Å²) in [5.74, 6) is 0. The fourth-order valence-electron chi connectivity index (χ4n) is 0.805. The molecule has 0 aromatic carbocycles. The van der Waals surface area contributed by atoms with Crippen molar-refractivity contribution in [3.63, 3.8) is 0 Å². The van der Waals surface area contributed by atoms with Gasteiger partial charge in [0, 0.05) is 7.05 Å². The summed E-state index contributed by atoms with van der Waals surface area (Å²) in [5, 5.41) is 0. The van der Waals surface area contributed by atoms with Crippen LogP contribution in [0.5, 0.6) is 0 Å². The van der Waals surface area contributed by atoms with Crippen LogP contribution in [0.2, 0.25) is 0 Å². The average Bonchev–Trinajstić information content (AvgIpc) is 2.11. The van der Waals surface area contributed by atoms with Gasteiger partial charge in [-0.1, -0.05) is 0 Å². The molecule has 1 fully saturated rings. The van der Waals surface area contributed by atoms with E-state index >= 15 is 0 Å². The number of amides is 1. The molecule has 0 aliphatic carbocycles. The van der Waals surface area contributed by atoms with E-state index in [4.69, 9.17) is 0 Å². The van der Waals surface area contributed by atoms with E-state index in [2.05, 4.69) is 4.74 Å². The second kappa shape index (κ2) is 2.28. The maximum atomic E-state index is 11.9. The molecule has 1 aliphatic heterocycles. The van der Waals surface area contributed by atoms with E-state index in [9.17, 15) is 18.0 Å². The van der Waals surface area contributed by atoms with Gasteiger partial charge in [0.2, 0.25) is 0 Å². The van der Waals surface area contributed by atoms with Crippen molar-refractivity contribution in [3.8, 4) is 0 Å². The summed E-state index contributed by atoms with van der Waals surface area (Å²) < 4.78 is 39.9. The van der Waals surface area contributed by atoms with Crippen molar-refractivity contribution in [1.29, 1.82) is 0 Å². The molecule has 6 heteroatoms. The Kier molecular flexibility index (Phi) is 1.69. The third kappa shape index (κ3) is 1.38. The molecule has 64 valence electrons. The molecule has 1 rings (SSSR count). The predicted molar refractivity (Wildman–Crippen MR) is 29.0 cm³/mol. The van der Waals surface area contributed by atoms with Gasteiger partial charge < -0.3 is 4.74 Å². The van der Waals surface area contributed by atoms with E-state index in [0.717, 1.165) is 7.05 Å². The van der Waals surface area contributed by atoms with Crippen molar-refractivity contribution in [3.05, 3.63) is 0 Å². The number of alkyl halides is 3. The lowest BCUT2D eigenvalue weighted by Crippen LogP contribution is -2.41. The maximum Gasteiger partial charge on any atom is 0.412 e. The van der Waals surface area contributed by atoms with Crippen molar-refractivity contribution in [2.24, 2.45) is 0 Å². The third-order valence-electron chi connectivity index (χ3n) is 1.50. The minimum absolute atomic E-state index is 0.542. The maximum absolute atomic E-state index is 11.9. The number of nitrogens with zero attached hydrogens (tertiary/aromatic N) is 1. The Hall–Kier alpha value is -0.940. The molecule has 3 nitrogen and oxygen atoms in total. The summed E-state index contributed by atoms with van der Waals surface area (Å²) in [5.41, 5.74) is 0. The Morgan fingerprint density at radius 2 is 2.18 bits per heavy atom. The van der Waals surface area contributed by atoms with Crippen molar-refractivity contribution < 1.29 is 22.7 Å². The lowest BCUT2D eigenvalue weighted by atomic mass is 10.3. The second-order valence-corrected chi connectivity index (χ2v) is 2.25. The van der Waals surface area contributed by atoms with Crippen LogP contribution in [-0.2, 0) is 4.74 Å². The standard InChI is InChI=1S/C5H6F3NO2/c1-9-3(5(6,7)8)2-11-4(9)10/h3H,2H2,1H3. The van der Waals surface area contributed by atoms with E-state index in [-0.39, 0.29) is 0 Å². The van der Waals surface area contributed by atoms with Crippen LogP contribution in [0.3, 0.4) is 0 Å². The molecule has 1 unspecified atom stereocenters. The van der Waals surface area contributed by atoms with Gasteiger partial charge in [-0.05, 0) is 0 Å². The highest BCUT2D eigenvalue weighted by molar-refractivity contribution is 5.69. The van der Waals surface area contributed by atoms with Crippen molar-refractivity contribution >= 4 is 6.09 Å². The normalized spacial score (nSPS) is 25.6. The number of carbonyl (C=O) groups excluding carboxylic acids is 1. The number of ether oxygens (including phenoxy) is 1. The Balaban J connectivity index is 2.70. The Morgan fingerprint density at radius 1 is 1.64 bits per heavy atom. The fourth-order valence-corrected chi connectivity index (χ4v) is 0.805. The number of rotatable bonds is 0. The molecule has 1 atom stereocenters. The summed E-state index contributed by atoms with van der Waals surface area (Å²) in [6.07, 6.45) is -5.31. The SMILES string of the molecule is CN1C(=O)OCC1C(F)(F)F. The molecule has 1 saturated heterocycles. The monoisotopic (exact) mass is 169 g/mol. The summed E-state index contributed by atoms with van der Waals surface area (Å²) in [7, 11) is 1.06. The van der Waals surface area contributed by atoms with E-state index in [1.807, 2.05) is 0 Å². The van der Waals surface area contributed by atoms with Gasteiger partial charge >= 0.3 is 12.3 Å². The molecule has 0 saturated carbocycles. The first-order chi connectivity index (χ1) is 4.93. The molecule has 1 amide bonds. The predicted octanol–water partition coefficient (Wildman–Crippen LogP) is 0.999. The number of hydrogen-bond donors (Lipinski definition) is 0. The zero-order valence-electron chi connectivity index (χ0n) is 5.68. The van der Waals surface area contributed by atoms with E-state index in [1.165, 1.54) is 0 Å². The number of carbonyl (C=O) groups is 1. The molecule has 1 heterocycles. The van der Waals surface area contributed by atoms with Gasteiger partial charge in [-0.15, -0.1) is 0 Å². The molecule has 11 heavy (non-hydrogen) atoms. The minimum Gasteiger partial charge on any atom is -0.447 e. The Labute approximate surface area is 60.7 Å². The Bertz CT molecular complexity index is 179. The van der Waals surface area contributed by atoms with Crippen LogP contribution in [0.25, 0.3) is 0 Å². The lowest BCUT2D eigenvalue weighted by Gasteiger charge is -2.18. The highest BCUT2D eigenvalue weighted by Crippen LogP contribution is 2.27. The second-order valence-electron chi connectivity index (χ2n) is 2.25. The average molecular weight is 169 g/mol. The zero-order valence-corrected chi connectivity index (χ0v) is 5.68. The van der Waals surface area contributed by atoms with Crippen molar-refractivity contribution in [1.82, 2.24) is 4.90 Å². The van der Waals surface area contributed by atoms with E-state index in [0.29, 0.717) is 4.90 Å². The van der Waals surface area contributed by atoms with Gasteiger partial charge in [0.05, 0.1) is 0 Å². The lowest BCUT2D eigenvalue weighted by molar-refractivity contribution is -0.168. The molecule has 0 radical (unpaired) electrons. The van der Waals surface area contributed by atoms with Crippen LogP contribution < -0.4 is 0 Å². The molecule has 0 spiro atoms. The highest BCUT2D eigenvalue weighted by Gasteiger charge is 2.49. The van der Waals surface area contributed by atoms with Crippen LogP contribution >= 0.6 is 0 Å². The molecule has 1 aliphatic rings. The fraction of sp³-hybridized carbons (Fsp3) is 0.800. The molecule has 0 N–H and O–H groups in total. The highest BCUT2D eigenvalue weighted by atomic mass is 19.4. The van der Waals surface area contributed by atoms with Gasteiger partial charge in [-0.25, -0.2) is 4.79 Å². The minimum atomic E-state index is -4.39. The van der Waals surface area contributed by atoms with Crippen LogP contribution in [0.1, 0.15) is 0 Å². The number of hydrogen-bond acceptors (Lipinski definition) is 2. The smallest absolute Gasteiger partial charge is 0.412 e. The molecule has 0 bridgehead atoms. The first-order valence-electron chi connectivity index (χ1n) is 2.89. The molecule has 0 aromatic rings. The summed E-state index contributed by atoms with van der Waals surface area (Å²) in [4.78, 5) is 11.0. The van der Waals surface area contributed by atoms with E-state index in [1.54, 1.807) is 0 Å². The zero-order chi connectivity index (χ0) is 8.65. The summed E-state index contributed by atoms with van der Waals surface area (Å²) >= 11 is 0. The van der Waals surface area contributed by atoms with Gasteiger partial charge in [0.15, 0.2) is 6.04 Å². The summed E-state index contributed by atoms with van der Waals surface area (Å²) in [6, 6.07) is -1.78. The number of halogens is 3. The van der Waals surface area contributed by atoms with Crippen LogP contribution in [0, 0.1) is 0 Å². The van der Waals surface area contributed by atoms with Crippen LogP contribution in [0.4, 0.5) is 18.0 Å². The first-order valence-corrected chi connectivity index (χ1v) is 2.89. The molecular formula is C5H6F3NO2. The molecule has 0 aromatic heterocycles. The van der Waals surface area contributed by atoms with Crippen LogP contribution in [0.15, 0.2) is 0 Å². The quantitative estimate of drug-likeness (QED) is 0.541. The first kappa shape index (κ1) is 8.16. The number of likely N-dealkylation sites (N-methyl/N-ethyl adjacent to an activating group) is 1. The van der Waals surface area contributed by atoms with Gasteiger partial charge in [0.1, 0.15) is 6.61 Å². The Morgan fingerprint density at radius 3 is 2.36 bits per heavy atom. The van der Waals surface area contributed by atoms with Crippen molar-refractivity contribution in [2.75, 3.05) is 13.7 Å². The number of cyclic esters (lactones) is 1.